The number of aryl methyl sites for hydroxylation is 1. The molecule has 0 amide bonds. The lowest BCUT2D eigenvalue weighted by Gasteiger charge is -2.07. The normalized spacial score (nSPS) is 10.1. The van der Waals surface area contributed by atoms with E-state index in [4.69, 9.17) is 5.73 Å². The Morgan fingerprint density at radius 3 is 2.88 bits per heavy atom. The fourth-order valence-corrected chi connectivity index (χ4v) is 1.53. The summed E-state index contributed by atoms with van der Waals surface area (Å²) in [5.74, 6) is 0. The molecule has 0 saturated carbocycles. The van der Waals surface area contributed by atoms with Crippen LogP contribution in [0.3, 0.4) is 0 Å². The number of nitrogens with one attached hydrogen (secondary N) is 1. The van der Waals surface area contributed by atoms with Gasteiger partial charge in [-0.15, -0.1) is 0 Å². The first-order valence-corrected chi connectivity index (χ1v) is 5.10. The third-order valence-corrected chi connectivity index (χ3v) is 2.22. The zero-order valence-corrected chi connectivity index (χ0v) is 9.14. The smallest absolute Gasteiger partial charge is 0.115 e. The molecule has 4 nitrogen and oxygen atoms in total. The molecule has 0 radical (unpaired) electrons. The zero-order valence-electron chi connectivity index (χ0n) is 9.14. The summed E-state index contributed by atoms with van der Waals surface area (Å²) in [6.45, 7) is 2.69. The summed E-state index contributed by atoms with van der Waals surface area (Å²) >= 11 is 0. The summed E-state index contributed by atoms with van der Waals surface area (Å²) in [6.07, 6.45) is 3.27. The summed E-state index contributed by atoms with van der Waals surface area (Å²) in [7, 11) is 0. The van der Waals surface area contributed by atoms with Crippen molar-refractivity contribution in [2.75, 3.05) is 11.1 Å². The highest BCUT2D eigenvalue weighted by Crippen LogP contribution is 2.16. The number of rotatable bonds is 3. The van der Waals surface area contributed by atoms with Crippen molar-refractivity contribution in [1.29, 1.82) is 0 Å². The number of anilines is 2. The molecule has 0 aliphatic carbocycles. The minimum atomic E-state index is 0.672. The largest absolute Gasteiger partial charge is 0.399 e. The average Bonchev–Trinajstić information content (AvgIpc) is 2.27. The molecule has 4 heteroatoms. The summed E-state index contributed by atoms with van der Waals surface area (Å²) in [6, 6.07) is 7.79. The number of nitrogen functional groups attached to an aromatic ring is 1. The van der Waals surface area contributed by atoms with E-state index in [0.717, 1.165) is 22.6 Å². The van der Waals surface area contributed by atoms with Crippen molar-refractivity contribution >= 4 is 11.4 Å². The lowest BCUT2D eigenvalue weighted by Crippen LogP contribution is -2.02. The first-order valence-electron chi connectivity index (χ1n) is 5.10. The van der Waals surface area contributed by atoms with Gasteiger partial charge < -0.3 is 11.1 Å². The van der Waals surface area contributed by atoms with Crippen LogP contribution in [0.4, 0.5) is 11.4 Å². The Labute approximate surface area is 94.5 Å². The van der Waals surface area contributed by atoms with Crippen molar-refractivity contribution in [3.8, 4) is 0 Å². The van der Waals surface area contributed by atoms with E-state index in [0.29, 0.717) is 6.54 Å². The molecule has 0 saturated heterocycles. The molecule has 3 N–H and O–H groups in total. The monoisotopic (exact) mass is 214 g/mol. The van der Waals surface area contributed by atoms with Crippen molar-refractivity contribution in [2.24, 2.45) is 0 Å². The maximum Gasteiger partial charge on any atom is 0.115 e. The molecule has 16 heavy (non-hydrogen) atoms. The Kier molecular flexibility index (Phi) is 3.00. The van der Waals surface area contributed by atoms with Gasteiger partial charge in [0.05, 0.1) is 12.2 Å². The number of hydrogen-bond donors (Lipinski definition) is 2. The van der Waals surface area contributed by atoms with Crippen molar-refractivity contribution < 1.29 is 0 Å². The number of nitrogens with two attached hydrogens (primary N) is 1. The van der Waals surface area contributed by atoms with E-state index in [-0.39, 0.29) is 0 Å². The highest BCUT2D eigenvalue weighted by atomic mass is 14.9. The summed E-state index contributed by atoms with van der Waals surface area (Å²) < 4.78 is 0. The van der Waals surface area contributed by atoms with Crippen LogP contribution in [0, 0.1) is 6.92 Å². The fraction of sp³-hybridized carbons (Fsp3) is 0.167. The average molecular weight is 214 g/mol. The molecule has 1 aromatic carbocycles. The van der Waals surface area contributed by atoms with E-state index in [2.05, 4.69) is 21.4 Å². The van der Waals surface area contributed by atoms with Crippen LogP contribution in [0.1, 0.15) is 11.3 Å². The van der Waals surface area contributed by atoms with Gasteiger partial charge in [-0.05, 0) is 36.8 Å². The number of aromatic nitrogens is 2. The standard InChI is InChI=1S/C12H14N4/c1-9-4-10(13)6-12(5-9)15-7-11-2-3-14-8-16-11/h2-6,8,15H,7,13H2,1H3. The Morgan fingerprint density at radius 2 is 2.19 bits per heavy atom. The molecule has 2 aromatic rings. The molecular formula is C12H14N4. The molecule has 82 valence electrons. The van der Waals surface area contributed by atoms with E-state index >= 15 is 0 Å². The van der Waals surface area contributed by atoms with E-state index in [1.165, 1.54) is 0 Å². The molecule has 2 rings (SSSR count). The first kappa shape index (κ1) is 10.4. The molecule has 1 aromatic heterocycles. The number of benzene rings is 1. The molecule has 0 spiro atoms. The van der Waals surface area contributed by atoms with Crippen LogP contribution in [-0.2, 0) is 6.54 Å². The third-order valence-electron chi connectivity index (χ3n) is 2.22. The van der Waals surface area contributed by atoms with Crippen LogP contribution in [0.5, 0.6) is 0 Å². The minimum absolute atomic E-state index is 0.672. The third kappa shape index (κ3) is 2.70. The second-order valence-corrected chi connectivity index (χ2v) is 3.69. The first-order chi connectivity index (χ1) is 7.74. The second-order valence-electron chi connectivity index (χ2n) is 3.69. The molecule has 0 unspecified atom stereocenters. The predicted octanol–water partition coefficient (Wildman–Crippen LogP) is 1.98. The molecule has 0 aliphatic rings. The van der Waals surface area contributed by atoms with Crippen molar-refractivity contribution in [3.63, 3.8) is 0 Å². The number of nitrogens with zero attached hydrogens (tertiary/aromatic N) is 2. The van der Waals surface area contributed by atoms with Gasteiger partial charge in [-0.25, -0.2) is 9.97 Å². The molecule has 0 fully saturated rings. The topological polar surface area (TPSA) is 63.8 Å². The van der Waals surface area contributed by atoms with Crippen LogP contribution in [-0.4, -0.2) is 9.97 Å². The fourth-order valence-electron chi connectivity index (χ4n) is 1.53. The quantitative estimate of drug-likeness (QED) is 0.767. The van der Waals surface area contributed by atoms with Gasteiger partial charge in [0, 0.05) is 17.6 Å². The van der Waals surface area contributed by atoms with Gasteiger partial charge in [-0.2, -0.15) is 0 Å². The maximum atomic E-state index is 5.76. The lowest BCUT2D eigenvalue weighted by atomic mass is 10.2. The molecule has 1 heterocycles. The van der Waals surface area contributed by atoms with E-state index in [1.54, 1.807) is 12.5 Å². The van der Waals surface area contributed by atoms with Crippen LogP contribution in [0.15, 0.2) is 36.8 Å². The Hall–Kier alpha value is -2.10. The van der Waals surface area contributed by atoms with Crippen LogP contribution in [0.25, 0.3) is 0 Å². The summed E-state index contributed by atoms with van der Waals surface area (Å²) in [5.41, 5.74) is 9.64. The van der Waals surface area contributed by atoms with Gasteiger partial charge in [0.1, 0.15) is 6.33 Å². The van der Waals surface area contributed by atoms with E-state index in [9.17, 15) is 0 Å². The highest BCUT2D eigenvalue weighted by molar-refractivity contribution is 5.56. The van der Waals surface area contributed by atoms with E-state index in [1.807, 2.05) is 25.1 Å². The second kappa shape index (κ2) is 4.61. The maximum absolute atomic E-state index is 5.76. The van der Waals surface area contributed by atoms with Crippen molar-refractivity contribution in [1.82, 2.24) is 9.97 Å². The molecule has 0 bridgehead atoms. The van der Waals surface area contributed by atoms with Crippen molar-refractivity contribution in [2.45, 2.75) is 13.5 Å². The molecule has 0 atom stereocenters. The summed E-state index contributed by atoms with van der Waals surface area (Å²) in [4.78, 5) is 8.00. The zero-order chi connectivity index (χ0) is 11.4. The van der Waals surface area contributed by atoms with Gasteiger partial charge >= 0.3 is 0 Å². The van der Waals surface area contributed by atoms with Gasteiger partial charge in [0.25, 0.3) is 0 Å². The van der Waals surface area contributed by atoms with Gasteiger partial charge in [-0.1, -0.05) is 0 Å². The van der Waals surface area contributed by atoms with Gasteiger partial charge in [0.15, 0.2) is 0 Å². The highest BCUT2D eigenvalue weighted by Gasteiger charge is 1.97. The van der Waals surface area contributed by atoms with Crippen LogP contribution >= 0.6 is 0 Å². The Balaban J connectivity index is 2.05. The van der Waals surface area contributed by atoms with Gasteiger partial charge in [-0.3, -0.25) is 0 Å². The predicted molar refractivity (Wildman–Crippen MR) is 65.0 cm³/mol. The Bertz CT molecular complexity index is 447. The van der Waals surface area contributed by atoms with Gasteiger partial charge in [0.2, 0.25) is 0 Å². The van der Waals surface area contributed by atoms with Crippen LogP contribution < -0.4 is 11.1 Å². The van der Waals surface area contributed by atoms with Crippen molar-refractivity contribution in [3.05, 3.63) is 48.0 Å². The lowest BCUT2D eigenvalue weighted by molar-refractivity contribution is 1.01. The molecular weight excluding hydrogens is 200 g/mol. The minimum Gasteiger partial charge on any atom is -0.399 e. The van der Waals surface area contributed by atoms with E-state index < -0.39 is 0 Å². The number of hydrogen-bond acceptors (Lipinski definition) is 4. The summed E-state index contributed by atoms with van der Waals surface area (Å²) in [5, 5.41) is 3.27. The SMILES string of the molecule is Cc1cc(N)cc(NCc2ccncn2)c1. The molecule has 0 aliphatic heterocycles. The Morgan fingerprint density at radius 1 is 1.31 bits per heavy atom. The van der Waals surface area contributed by atoms with Crippen LogP contribution in [0.2, 0.25) is 0 Å².